The molecule has 28 heavy (non-hydrogen) atoms. The molecule has 0 N–H and O–H groups in total. The van der Waals surface area contributed by atoms with E-state index < -0.39 is 11.2 Å². The third-order valence-electron chi connectivity index (χ3n) is 5.56. The van der Waals surface area contributed by atoms with Crippen LogP contribution in [0, 0.1) is 0 Å². The average Bonchev–Trinajstić information content (AvgIpc) is 3.30. The van der Waals surface area contributed by atoms with Gasteiger partial charge in [-0.15, -0.1) is 0 Å². The molecule has 3 rings (SSSR count). The highest BCUT2D eigenvalue weighted by Crippen LogP contribution is 2.38. The quantitative estimate of drug-likeness (QED) is 0.273. The van der Waals surface area contributed by atoms with Crippen LogP contribution in [0.15, 0.2) is 70.7 Å². The fourth-order valence-electron chi connectivity index (χ4n) is 3.47. The van der Waals surface area contributed by atoms with Gasteiger partial charge in [-0.05, 0) is 93.5 Å². The molecule has 2 unspecified atom stereocenters. The predicted molar refractivity (Wildman–Crippen MR) is 120 cm³/mol. The second-order valence-electron chi connectivity index (χ2n) is 8.41. The summed E-state index contributed by atoms with van der Waals surface area (Å²) >= 11 is -0.989. The van der Waals surface area contributed by atoms with E-state index in [-0.39, 0.29) is 5.60 Å². The van der Waals surface area contributed by atoms with Crippen LogP contribution >= 0.6 is 0 Å². The van der Waals surface area contributed by atoms with E-state index in [1.807, 2.05) is 24.3 Å². The lowest BCUT2D eigenvalue weighted by Gasteiger charge is -2.10. The molecule has 1 aliphatic heterocycles. The Kier molecular flexibility index (Phi) is 7.03. The van der Waals surface area contributed by atoms with Gasteiger partial charge in [-0.2, -0.15) is 0 Å². The zero-order chi connectivity index (χ0) is 20.1. The largest absolute Gasteiger partial charge is 0.611 e. The molecule has 0 spiro atoms. The van der Waals surface area contributed by atoms with E-state index in [4.69, 9.17) is 4.74 Å². The minimum Gasteiger partial charge on any atom is -0.611 e. The normalized spacial score (nSPS) is 20.4. The number of rotatable bonds is 9. The summed E-state index contributed by atoms with van der Waals surface area (Å²) in [7, 11) is 0. The van der Waals surface area contributed by atoms with Gasteiger partial charge < -0.3 is 9.29 Å². The predicted octanol–water partition coefficient (Wildman–Crippen LogP) is 6.58. The lowest BCUT2D eigenvalue weighted by molar-refractivity contribution is 0.320. The minimum absolute atomic E-state index is 0.0975. The van der Waals surface area contributed by atoms with Crippen LogP contribution in [0.5, 0.6) is 0 Å². The molecule has 2 atom stereocenters. The molecule has 1 aliphatic rings. The Morgan fingerprint density at radius 1 is 1.04 bits per heavy atom. The van der Waals surface area contributed by atoms with Crippen molar-refractivity contribution in [2.75, 3.05) is 5.75 Å². The summed E-state index contributed by atoms with van der Waals surface area (Å²) in [5, 5.41) is 2.34. The van der Waals surface area contributed by atoms with E-state index in [1.165, 1.54) is 16.5 Å². The molecule has 0 aromatic heterocycles. The van der Waals surface area contributed by atoms with Gasteiger partial charge in [0, 0.05) is 6.07 Å². The first-order valence-electron chi connectivity index (χ1n) is 10.2. The standard InChI is InChI=1S/C25H32O2S/c1-19(12-15-24-25(3,4)27-24)8-7-9-20(2)16-17-28(26)23-14-13-21-10-5-6-11-22(21)18-23/h5-6,8,10-11,13-14,16,18,24H,7,9,12,15,17H2,1-4H3/b19-8+,20-16+. The maximum absolute atomic E-state index is 12.6. The number of hydrogen-bond donors (Lipinski definition) is 0. The molecule has 1 fully saturated rings. The van der Waals surface area contributed by atoms with Crippen LogP contribution in [-0.2, 0) is 15.9 Å². The molecule has 1 saturated heterocycles. The van der Waals surface area contributed by atoms with Gasteiger partial charge in [-0.1, -0.05) is 41.5 Å². The highest BCUT2D eigenvalue weighted by Gasteiger charge is 2.46. The summed E-state index contributed by atoms with van der Waals surface area (Å²) < 4.78 is 18.3. The smallest absolute Gasteiger partial charge is 0.153 e. The first-order valence-corrected chi connectivity index (χ1v) is 11.5. The van der Waals surface area contributed by atoms with Gasteiger partial charge in [0.2, 0.25) is 0 Å². The summed E-state index contributed by atoms with van der Waals surface area (Å²) in [6, 6.07) is 14.3. The Morgan fingerprint density at radius 3 is 2.43 bits per heavy atom. The molecule has 2 aromatic rings. The average molecular weight is 397 g/mol. The third-order valence-corrected chi connectivity index (χ3v) is 6.81. The Bertz CT molecular complexity index is 866. The Balaban J connectivity index is 1.43. The molecule has 0 saturated carbocycles. The van der Waals surface area contributed by atoms with Crippen LogP contribution in [0.1, 0.15) is 53.4 Å². The number of epoxide rings is 1. The van der Waals surface area contributed by atoms with Crippen LogP contribution in [0.4, 0.5) is 0 Å². The lowest BCUT2D eigenvalue weighted by Crippen LogP contribution is -2.05. The highest BCUT2D eigenvalue weighted by atomic mass is 32.2. The fraction of sp³-hybridized carbons (Fsp3) is 0.440. The Hall–Kier alpha value is -1.55. The van der Waals surface area contributed by atoms with Crippen LogP contribution in [0.3, 0.4) is 0 Å². The third kappa shape index (κ3) is 5.97. The van der Waals surface area contributed by atoms with Gasteiger partial charge in [0.15, 0.2) is 4.90 Å². The second kappa shape index (κ2) is 9.30. The van der Waals surface area contributed by atoms with Gasteiger partial charge in [0.05, 0.1) is 11.7 Å². The van der Waals surface area contributed by atoms with Crippen molar-refractivity contribution in [2.45, 2.75) is 70.0 Å². The molecule has 0 radical (unpaired) electrons. The second-order valence-corrected chi connectivity index (χ2v) is 9.91. The monoisotopic (exact) mass is 396 g/mol. The van der Waals surface area contributed by atoms with Crippen molar-refractivity contribution in [1.82, 2.24) is 0 Å². The van der Waals surface area contributed by atoms with Crippen LogP contribution in [0.25, 0.3) is 10.8 Å². The Labute approximate surface area is 172 Å². The summed E-state index contributed by atoms with van der Waals surface area (Å²) in [6.07, 6.45) is 9.21. The van der Waals surface area contributed by atoms with Crippen molar-refractivity contribution in [3.05, 3.63) is 65.8 Å². The Morgan fingerprint density at radius 2 is 1.71 bits per heavy atom. The summed E-state index contributed by atoms with van der Waals surface area (Å²) in [4.78, 5) is 0.906. The molecule has 0 amide bonds. The summed E-state index contributed by atoms with van der Waals surface area (Å²) in [5.41, 5.74) is 2.85. The topological polar surface area (TPSA) is 35.6 Å². The molecule has 1 heterocycles. The zero-order valence-electron chi connectivity index (χ0n) is 17.5. The summed E-state index contributed by atoms with van der Waals surface area (Å²) in [6.45, 7) is 8.67. The maximum Gasteiger partial charge on any atom is 0.153 e. The van der Waals surface area contributed by atoms with Gasteiger partial charge in [-0.3, -0.25) is 0 Å². The van der Waals surface area contributed by atoms with Crippen molar-refractivity contribution in [3.8, 4) is 0 Å². The van der Waals surface area contributed by atoms with Crippen LogP contribution in [-0.4, -0.2) is 22.0 Å². The van der Waals surface area contributed by atoms with Gasteiger partial charge >= 0.3 is 0 Å². The minimum atomic E-state index is -0.989. The number of allylic oxidation sites excluding steroid dienone is 3. The molecule has 0 aliphatic carbocycles. The van der Waals surface area contributed by atoms with Gasteiger partial charge in [0.1, 0.15) is 5.75 Å². The fourth-order valence-corrected chi connectivity index (χ4v) is 4.58. The molecule has 2 nitrogen and oxygen atoms in total. The number of hydrogen-bond acceptors (Lipinski definition) is 2. The summed E-state index contributed by atoms with van der Waals surface area (Å²) in [5.74, 6) is 0.584. The molecule has 3 heteroatoms. The van der Waals surface area contributed by atoms with Crippen molar-refractivity contribution < 1.29 is 9.29 Å². The van der Waals surface area contributed by atoms with Crippen molar-refractivity contribution in [3.63, 3.8) is 0 Å². The van der Waals surface area contributed by atoms with E-state index in [2.05, 4.69) is 58.0 Å². The first-order chi connectivity index (χ1) is 13.3. The number of fused-ring (bicyclic) bond motifs is 1. The zero-order valence-corrected chi connectivity index (χ0v) is 18.4. The van der Waals surface area contributed by atoms with E-state index in [0.717, 1.165) is 36.0 Å². The molecular weight excluding hydrogens is 364 g/mol. The number of ether oxygens (including phenoxy) is 1. The maximum atomic E-state index is 12.6. The van der Waals surface area contributed by atoms with Crippen molar-refractivity contribution in [1.29, 1.82) is 0 Å². The highest BCUT2D eigenvalue weighted by molar-refractivity contribution is 7.91. The molecule has 2 aromatic carbocycles. The van der Waals surface area contributed by atoms with Crippen molar-refractivity contribution >= 4 is 21.9 Å². The lowest BCUT2D eigenvalue weighted by atomic mass is 10.0. The van der Waals surface area contributed by atoms with Crippen LogP contribution < -0.4 is 0 Å². The first kappa shape index (κ1) is 21.2. The molecule has 150 valence electrons. The van der Waals surface area contributed by atoms with Crippen LogP contribution in [0.2, 0.25) is 0 Å². The van der Waals surface area contributed by atoms with E-state index in [1.54, 1.807) is 0 Å². The van der Waals surface area contributed by atoms with E-state index in [9.17, 15) is 4.55 Å². The molecule has 0 bridgehead atoms. The SMILES string of the molecule is C/C(=C\C[S+]([O-])c1ccc2ccccc2c1)CC/C=C(\C)CCC1OC1(C)C. The number of benzene rings is 2. The van der Waals surface area contributed by atoms with Gasteiger partial charge in [0.25, 0.3) is 0 Å². The van der Waals surface area contributed by atoms with E-state index in [0.29, 0.717) is 11.9 Å². The van der Waals surface area contributed by atoms with Gasteiger partial charge in [-0.25, -0.2) is 0 Å². The van der Waals surface area contributed by atoms with Crippen molar-refractivity contribution in [2.24, 2.45) is 0 Å². The molecular formula is C25H32O2S. The van der Waals surface area contributed by atoms with E-state index >= 15 is 0 Å².